The number of rotatable bonds is 2. The highest BCUT2D eigenvalue weighted by atomic mass is 32.1. The van der Waals surface area contributed by atoms with Crippen LogP contribution in [0.1, 0.15) is 11.5 Å². The van der Waals surface area contributed by atoms with Crippen LogP contribution in [0, 0.1) is 13.8 Å². The summed E-state index contributed by atoms with van der Waals surface area (Å²) in [6.07, 6.45) is 0. The van der Waals surface area contributed by atoms with Crippen LogP contribution in [-0.4, -0.2) is 15.3 Å². The maximum Gasteiger partial charge on any atom is 0.253 e. The molecule has 0 saturated heterocycles. The Morgan fingerprint density at radius 2 is 2.25 bits per heavy atom. The van der Waals surface area contributed by atoms with Gasteiger partial charge in [-0.2, -0.15) is 12.6 Å². The van der Waals surface area contributed by atoms with E-state index in [1.807, 2.05) is 13.8 Å². The number of aryl methyl sites for hydroxylation is 2. The third kappa shape index (κ3) is 1.88. The van der Waals surface area contributed by atoms with E-state index in [1.165, 1.54) is 6.07 Å². The van der Waals surface area contributed by atoms with Crippen molar-refractivity contribution < 1.29 is 0 Å². The van der Waals surface area contributed by atoms with Gasteiger partial charge in [0, 0.05) is 24.1 Å². The lowest BCUT2D eigenvalue weighted by Gasteiger charge is -2.06. The predicted octanol–water partition coefficient (Wildman–Crippen LogP) is 0.790. The molecule has 0 N–H and O–H groups in total. The van der Waals surface area contributed by atoms with Crippen molar-refractivity contribution in [1.82, 2.24) is 9.55 Å². The van der Waals surface area contributed by atoms with Gasteiger partial charge in [0.25, 0.3) is 5.56 Å². The van der Waals surface area contributed by atoms with Crippen LogP contribution in [0.3, 0.4) is 0 Å². The second-order valence-electron chi connectivity index (χ2n) is 2.66. The minimum atomic E-state index is 0.00838. The van der Waals surface area contributed by atoms with Gasteiger partial charge in [-0.3, -0.25) is 9.36 Å². The number of aromatic nitrogens is 2. The molecule has 0 bridgehead atoms. The standard InChI is InChI=1S/C8H12N2OS/c1-6-5-8(11)10(3-4-12)7(2)9-6/h5,12H,3-4H2,1-2H3. The van der Waals surface area contributed by atoms with Gasteiger partial charge in [-0.25, -0.2) is 4.98 Å². The SMILES string of the molecule is Cc1cc(=O)n(CCS)c(C)n1. The maximum absolute atomic E-state index is 11.3. The van der Waals surface area contributed by atoms with E-state index in [1.54, 1.807) is 4.57 Å². The summed E-state index contributed by atoms with van der Waals surface area (Å²) in [5.41, 5.74) is 0.780. The van der Waals surface area contributed by atoms with Crippen LogP contribution in [-0.2, 0) is 6.54 Å². The molecule has 1 aromatic rings. The molecule has 0 fully saturated rings. The van der Waals surface area contributed by atoms with Crippen LogP contribution < -0.4 is 5.56 Å². The second kappa shape index (κ2) is 3.76. The highest BCUT2D eigenvalue weighted by Gasteiger charge is 2.00. The molecule has 0 radical (unpaired) electrons. The van der Waals surface area contributed by atoms with Crippen molar-refractivity contribution in [3.8, 4) is 0 Å². The van der Waals surface area contributed by atoms with Gasteiger partial charge in [-0.1, -0.05) is 0 Å². The highest BCUT2D eigenvalue weighted by Crippen LogP contribution is 1.93. The average molecular weight is 184 g/mol. The van der Waals surface area contributed by atoms with Gasteiger partial charge in [0.05, 0.1) is 0 Å². The number of thiol groups is 1. The summed E-state index contributed by atoms with van der Waals surface area (Å²) in [5, 5.41) is 0. The van der Waals surface area contributed by atoms with Crippen LogP contribution in [0.25, 0.3) is 0 Å². The van der Waals surface area contributed by atoms with Crippen molar-refractivity contribution >= 4 is 12.6 Å². The Balaban J connectivity index is 3.19. The maximum atomic E-state index is 11.3. The van der Waals surface area contributed by atoms with Gasteiger partial charge in [0.2, 0.25) is 0 Å². The van der Waals surface area contributed by atoms with E-state index in [4.69, 9.17) is 0 Å². The molecule has 4 heteroatoms. The minimum Gasteiger partial charge on any atom is -0.296 e. The van der Waals surface area contributed by atoms with Crippen molar-refractivity contribution in [3.05, 3.63) is 27.9 Å². The van der Waals surface area contributed by atoms with Gasteiger partial charge in [-0.15, -0.1) is 0 Å². The van der Waals surface area contributed by atoms with Crippen molar-refractivity contribution in [1.29, 1.82) is 0 Å². The smallest absolute Gasteiger partial charge is 0.253 e. The first kappa shape index (κ1) is 9.32. The van der Waals surface area contributed by atoms with Crippen molar-refractivity contribution in [3.63, 3.8) is 0 Å². The van der Waals surface area contributed by atoms with Gasteiger partial charge in [0.1, 0.15) is 5.82 Å². The molecule has 0 unspecified atom stereocenters. The summed E-state index contributed by atoms with van der Waals surface area (Å²) in [6, 6.07) is 1.54. The summed E-state index contributed by atoms with van der Waals surface area (Å²) in [4.78, 5) is 15.5. The molecule has 3 nitrogen and oxygen atoms in total. The van der Waals surface area contributed by atoms with Crippen LogP contribution in [0.4, 0.5) is 0 Å². The normalized spacial score (nSPS) is 10.2. The fraction of sp³-hybridized carbons (Fsp3) is 0.500. The van der Waals surface area contributed by atoms with E-state index >= 15 is 0 Å². The predicted molar refractivity (Wildman–Crippen MR) is 51.8 cm³/mol. The first-order valence-electron chi connectivity index (χ1n) is 3.81. The van der Waals surface area contributed by atoms with E-state index in [0.29, 0.717) is 12.3 Å². The molecule has 0 aliphatic heterocycles. The molecular weight excluding hydrogens is 172 g/mol. The summed E-state index contributed by atoms with van der Waals surface area (Å²) >= 11 is 4.06. The van der Waals surface area contributed by atoms with Crippen LogP contribution in [0.2, 0.25) is 0 Å². The monoisotopic (exact) mass is 184 g/mol. The molecule has 0 amide bonds. The quantitative estimate of drug-likeness (QED) is 0.690. The summed E-state index contributed by atoms with van der Waals surface area (Å²) in [5.74, 6) is 1.42. The minimum absolute atomic E-state index is 0.00838. The Morgan fingerprint density at radius 1 is 1.58 bits per heavy atom. The molecule has 1 rings (SSSR count). The van der Waals surface area contributed by atoms with Crippen LogP contribution in [0.5, 0.6) is 0 Å². The molecule has 1 heterocycles. The lowest BCUT2D eigenvalue weighted by Crippen LogP contribution is -2.24. The van der Waals surface area contributed by atoms with Crippen molar-refractivity contribution in [2.24, 2.45) is 0 Å². The molecule has 0 spiro atoms. The summed E-state index contributed by atoms with van der Waals surface area (Å²) in [7, 11) is 0. The van der Waals surface area contributed by atoms with E-state index in [-0.39, 0.29) is 5.56 Å². The topological polar surface area (TPSA) is 34.9 Å². The number of hydrogen-bond acceptors (Lipinski definition) is 3. The van der Waals surface area contributed by atoms with Gasteiger partial charge in [-0.05, 0) is 13.8 Å². The summed E-state index contributed by atoms with van der Waals surface area (Å²) in [6.45, 7) is 4.28. The van der Waals surface area contributed by atoms with E-state index in [9.17, 15) is 4.79 Å². The molecule has 0 saturated carbocycles. The molecule has 1 aromatic heterocycles. The third-order valence-corrected chi connectivity index (χ3v) is 1.85. The lowest BCUT2D eigenvalue weighted by atomic mass is 10.4. The van der Waals surface area contributed by atoms with Gasteiger partial charge >= 0.3 is 0 Å². The summed E-state index contributed by atoms with van der Waals surface area (Å²) < 4.78 is 1.62. The zero-order chi connectivity index (χ0) is 9.14. The van der Waals surface area contributed by atoms with Crippen molar-refractivity contribution in [2.45, 2.75) is 20.4 Å². The number of hydrogen-bond donors (Lipinski definition) is 1. The van der Waals surface area contributed by atoms with Gasteiger partial charge in [0.15, 0.2) is 0 Å². The molecule has 0 atom stereocenters. The Morgan fingerprint density at radius 3 is 2.75 bits per heavy atom. The van der Waals surface area contributed by atoms with Crippen LogP contribution in [0.15, 0.2) is 10.9 Å². The first-order valence-corrected chi connectivity index (χ1v) is 4.44. The van der Waals surface area contributed by atoms with Crippen LogP contribution >= 0.6 is 12.6 Å². The zero-order valence-corrected chi connectivity index (χ0v) is 8.14. The van der Waals surface area contributed by atoms with E-state index in [0.717, 1.165) is 11.5 Å². The molecule has 66 valence electrons. The highest BCUT2D eigenvalue weighted by molar-refractivity contribution is 7.80. The Labute approximate surface area is 76.9 Å². The fourth-order valence-electron chi connectivity index (χ4n) is 1.14. The Hall–Kier alpha value is -0.770. The molecule has 0 aromatic carbocycles. The molecule has 0 aliphatic rings. The number of nitrogens with zero attached hydrogens (tertiary/aromatic N) is 2. The fourth-order valence-corrected chi connectivity index (χ4v) is 1.34. The molecule has 12 heavy (non-hydrogen) atoms. The Bertz CT molecular complexity index is 332. The lowest BCUT2D eigenvalue weighted by molar-refractivity contribution is 0.676. The Kier molecular flexibility index (Phi) is 2.92. The zero-order valence-electron chi connectivity index (χ0n) is 7.24. The molecule has 0 aliphatic carbocycles. The first-order chi connectivity index (χ1) is 5.65. The van der Waals surface area contributed by atoms with E-state index < -0.39 is 0 Å². The molecular formula is C8H12N2OS. The second-order valence-corrected chi connectivity index (χ2v) is 3.11. The largest absolute Gasteiger partial charge is 0.296 e. The third-order valence-electron chi connectivity index (χ3n) is 1.65. The van der Waals surface area contributed by atoms with Crippen molar-refractivity contribution in [2.75, 3.05) is 5.75 Å². The van der Waals surface area contributed by atoms with Gasteiger partial charge < -0.3 is 0 Å². The van der Waals surface area contributed by atoms with E-state index in [2.05, 4.69) is 17.6 Å². The average Bonchev–Trinajstić information content (AvgIpc) is 1.96.